The molecule has 0 aliphatic heterocycles. The molecule has 0 spiro atoms. The lowest BCUT2D eigenvalue weighted by atomic mass is 9.98. The van der Waals surface area contributed by atoms with Crippen molar-refractivity contribution in [2.45, 2.75) is 33.6 Å². The van der Waals surface area contributed by atoms with Crippen molar-refractivity contribution in [1.29, 1.82) is 0 Å². The molecule has 0 fully saturated rings. The lowest BCUT2D eigenvalue weighted by Gasteiger charge is -2.14. The molecule has 0 aliphatic rings. The highest BCUT2D eigenvalue weighted by Gasteiger charge is 2.23. The Morgan fingerprint density at radius 3 is 2.39 bits per heavy atom. The summed E-state index contributed by atoms with van der Waals surface area (Å²) in [4.78, 5) is 25.8. The predicted molar refractivity (Wildman–Crippen MR) is 148 cm³/mol. The number of hydrogen-bond donors (Lipinski definition) is 2. The molecule has 4 aromatic rings. The molecule has 198 valence electrons. The van der Waals surface area contributed by atoms with Gasteiger partial charge in [-0.2, -0.15) is 0 Å². The monoisotopic (exact) mass is 516 g/mol. The molecule has 3 aromatic carbocycles. The summed E-state index contributed by atoms with van der Waals surface area (Å²) in [5, 5.41) is 6.25. The Bertz CT molecular complexity index is 1440. The van der Waals surface area contributed by atoms with Crippen molar-refractivity contribution in [2.24, 2.45) is 5.92 Å². The number of fused-ring (bicyclic) bond motifs is 1. The molecule has 38 heavy (non-hydrogen) atoms. The fourth-order valence-electron chi connectivity index (χ4n) is 4.17. The first-order valence-electron chi connectivity index (χ1n) is 12.9. The minimum absolute atomic E-state index is 0.158. The van der Waals surface area contributed by atoms with Gasteiger partial charge in [-0.1, -0.05) is 33.3 Å². The van der Waals surface area contributed by atoms with Gasteiger partial charge in [-0.15, -0.1) is 0 Å². The minimum Gasteiger partial charge on any atom is -0.493 e. The van der Waals surface area contributed by atoms with Crippen molar-refractivity contribution >= 4 is 22.8 Å². The largest absolute Gasteiger partial charge is 0.493 e. The zero-order valence-electron chi connectivity index (χ0n) is 22.2. The number of carbonyl (C=O) groups excluding carboxylic acids is 2. The lowest BCUT2D eigenvalue weighted by molar-refractivity contribution is 0.0945. The van der Waals surface area contributed by atoms with Gasteiger partial charge in [-0.05, 0) is 72.5 Å². The smallest absolute Gasteiger partial charge is 0.255 e. The van der Waals surface area contributed by atoms with E-state index in [1.165, 1.54) is 12.1 Å². The van der Waals surface area contributed by atoms with Crippen LogP contribution >= 0.6 is 0 Å². The van der Waals surface area contributed by atoms with Gasteiger partial charge in [0, 0.05) is 35.7 Å². The molecule has 0 saturated heterocycles. The summed E-state index contributed by atoms with van der Waals surface area (Å²) in [6.45, 7) is 7.31. The molecule has 6 nitrogen and oxygen atoms in total. The topological polar surface area (TPSA) is 80.6 Å². The van der Waals surface area contributed by atoms with E-state index in [1.54, 1.807) is 31.3 Å². The summed E-state index contributed by atoms with van der Waals surface area (Å²) in [7, 11) is 1.55. The third kappa shape index (κ3) is 5.88. The van der Waals surface area contributed by atoms with Crippen molar-refractivity contribution < 1.29 is 23.1 Å². The lowest BCUT2D eigenvalue weighted by Crippen LogP contribution is -2.27. The van der Waals surface area contributed by atoms with Gasteiger partial charge in [-0.3, -0.25) is 9.59 Å². The fourth-order valence-corrected chi connectivity index (χ4v) is 4.17. The van der Waals surface area contributed by atoms with Crippen LogP contribution in [-0.2, 0) is 0 Å². The number of furan rings is 1. The summed E-state index contributed by atoms with van der Waals surface area (Å²) in [6.07, 6.45) is 1.90. The number of ether oxygens (including phenoxy) is 1. The summed E-state index contributed by atoms with van der Waals surface area (Å²) in [5.74, 6) is 0.494. The van der Waals surface area contributed by atoms with E-state index >= 15 is 0 Å². The summed E-state index contributed by atoms with van der Waals surface area (Å²) < 4.78 is 25.7. The van der Waals surface area contributed by atoms with Crippen LogP contribution in [0.1, 0.15) is 54.3 Å². The molecule has 0 unspecified atom stereocenters. The quantitative estimate of drug-likeness (QED) is 0.226. The van der Waals surface area contributed by atoms with Gasteiger partial charge >= 0.3 is 0 Å². The maximum atomic E-state index is 13.5. The van der Waals surface area contributed by atoms with Crippen LogP contribution in [-0.4, -0.2) is 32.0 Å². The van der Waals surface area contributed by atoms with Crippen molar-refractivity contribution in [2.75, 3.05) is 20.2 Å². The van der Waals surface area contributed by atoms with Gasteiger partial charge in [0.25, 0.3) is 11.8 Å². The first-order valence-corrected chi connectivity index (χ1v) is 12.9. The molecular weight excluding hydrogens is 483 g/mol. The second-order valence-electron chi connectivity index (χ2n) is 9.62. The minimum atomic E-state index is -0.374. The van der Waals surface area contributed by atoms with E-state index in [-0.39, 0.29) is 17.6 Å². The Hall–Kier alpha value is -4.13. The highest BCUT2D eigenvalue weighted by Crippen LogP contribution is 2.38. The van der Waals surface area contributed by atoms with Gasteiger partial charge in [0.15, 0.2) is 0 Å². The average Bonchev–Trinajstić information content (AvgIpc) is 3.30. The van der Waals surface area contributed by atoms with Crippen LogP contribution < -0.4 is 15.4 Å². The van der Waals surface area contributed by atoms with E-state index in [9.17, 15) is 14.0 Å². The third-order valence-corrected chi connectivity index (χ3v) is 6.23. The van der Waals surface area contributed by atoms with Crippen LogP contribution in [0.3, 0.4) is 0 Å². The number of rotatable bonds is 10. The van der Waals surface area contributed by atoms with E-state index in [2.05, 4.69) is 17.6 Å². The SMILES string of the molecule is CCCCOc1ccc(C(=O)NCC(C)C)cc1-c1ccc2oc(-c3ccc(F)cc3)c(C(=O)NC)c2c1. The van der Waals surface area contributed by atoms with Crippen LogP contribution in [0.4, 0.5) is 4.39 Å². The molecule has 0 bridgehead atoms. The second-order valence-corrected chi connectivity index (χ2v) is 9.62. The van der Waals surface area contributed by atoms with Crippen LogP contribution in [0.2, 0.25) is 0 Å². The van der Waals surface area contributed by atoms with Gasteiger partial charge < -0.3 is 19.8 Å². The Morgan fingerprint density at radius 1 is 0.974 bits per heavy atom. The molecule has 7 heteroatoms. The van der Waals surface area contributed by atoms with Crippen molar-refractivity contribution in [1.82, 2.24) is 10.6 Å². The van der Waals surface area contributed by atoms with E-state index in [0.717, 1.165) is 24.0 Å². The summed E-state index contributed by atoms with van der Waals surface area (Å²) in [6, 6.07) is 16.8. The van der Waals surface area contributed by atoms with Gasteiger partial charge in [0.1, 0.15) is 22.9 Å². The van der Waals surface area contributed by atoms with Gasteiger partial charge in [0.2, 0.25) is 0 Å². The van der Waals surface area contributed by atoms with E-state index in [1.807, 2.05) is 38.1 Å². The van der Waals surface area contributed by atoms with E-state index < -0.39 is 0 Å². The van der Waals surface area contributed by atoms with E-state index in [4.69, 9.17) is 9.15 Å². The van der Waals surface area contributed by atoms with E-state index in [0.29, 0.717) is 58.2 Å². The molecule has 0 atom stereocenters. The maximum absolute atomic E-state index is 13.5. The molecule has 1 heterocycles. The number of nitrogens with one attached hydrogen (secondary N) is 2. The predicted octanol–water partition coefficient (Wildman–Crippen LogP) is 6.83. The van der Waals surface area contributed by atoms with Crippen LogP contribution in [0.15, 0.2) is 65.1 Å². The molecule has 2 amide bonds. The van der Waals surface area contributed by atoms with Crippen molar-refractivity contribution in [3.05, 3.63) is 77.6 Å². The Morgan fingerprint density at radius 2 is 1.71 bits per heavy atom. The Balaban J connectivity index is 1.84. The molecular formula is C31H33FN2O4. The normalized spacial score (nSPS) is 11.1. The number of benzene rings is 3. The van der Waals surface area contributed by atoms with Gasteiger partial charge in [0.05, 0.1) is 12.2 Å². The first-order chi connectivity index (χ1) is 18.3. The Labute approximate surface area is 222 Å². The van der Waals surface area contributed by atoms with Crippen molar-refractivity contribution in [3.8, 4) is 28.2 Å². The zero-order valence-corrected chi connectivity index (χ0v) is 22.2. The molecule has 4 rings (SSSR count). The summed E-state index contributed by atoms with van der Waals surface area (Å²) in [5.41, 5.74) is 3.51. The van der Waals surface area contributed by atoms with Crippen LogP contribution in [0, 0.1) is 11.7 Å². The maximum Gasteiger partial charge on any atom is 0.255 e. The highest BCUT2D eigenvalue weighted by atomic mass is 19.1. The summed E-state index contributed by atoms with van der Waals surface area (Å²) >= 11 is 0. The van der Waals surface area contributed by atoms with Crippen molar-refractivity contribution in [3.63, 3.8) is 0 Å². The molecule has 1 aromatic heterocycles. The number of amides is 2. The number of carbonyl (C=O) groups is 2. The molecule has 0 radical (unpaired) electrons. The Kier molecular flexibility index (Phi) is 8.46. The fraction of sp³-hybridized carbons (Fsp3) is 0.290. The third-order valence-electron chi connectivity index (χ3n) is 6.23. The molecule has 2 N–H and O–H groups in total. The average molecular weight is 517 g/mol. The zero-order chi connectivity index (χ0) is 27.2. The molecule has 0 saturated carbocycles. The van der Waals surface area contributed by atoms with Crippen LogP contribution in [0.5, 0.6) is 5.75 Å². The van der Waals surface area contributed by atoms with Gasteiger partial charge in [-0.25, -0.2) is 4.39 Å². The second kappa shape index (κ2) is 11.9. The highest BCUT2D eigenvalue weighted by molar-refractivity contribution is 6.12. The first kappa shape index (κ1) is 26.9. The number of unbranched alkanes of at least 4 members (excludes halogenated alkanes) is 1. The number of hydrogen-bond acceptors (Lipinski definition) is 4. The van der Waals surface area contributed by atoms with Crippen LogP contribution in [0.25, 0.3) is 33.4 Å². The number of halogens is 1. The standard InChI is InChI=1S/C31H33FN2O4/c1-5-6-15-37-26-13-10-22(30(35)34-18-19(2)3)17-24(26)21-9-14-27-25(16-21)28(31(36)33-4)29(38-27)20-7-11-23(32)12-8-20/h7-14,16-17,19H,5-6,15,18H2,1-4H3,(H,33,36)(H,34,35). The molecule has 0 aliphatic carbocycles.